The minimum Gasteiger partial charge on any atom is -0.497 e. The molecule has 0 aliphatic rings. The Balaban J connectivity index is 1.96. The third-order valence-corrected chi connectivity index (χ3v) is 3.25. The van der Waals surface area contributed by atoms with Crippen molar-refractivity contribution < 1.29 is 4.74 Å². The molecule has 0 saturated carbocycles. The van der Waals surface area contributed by atoms with Gasteiger partial charge in [0.2, 0.25) is 0 Å². The zero-order valence-electron chi connectivity index (χ0n) is 11.6. The Kier molecular flexibility index (Phi) is 4.58. The number of ether oxygens (including phenoxy) is 1. The second-order valence-corrected chi connectivity index (χ2v) is 5.01. The van der Waals surface area contributed by atoms with Crippen molar-refractivity contribution >= 4 is 0 Å². The second kappa shape index (κ2) is 6.39. The van der Waals surface area contributed by atoms with Gasteiger partial charge in [-0.3, -0.25) is 0 Å². The Morgan fingerprint density at radius 3 is 2.37 bits per heavy atom. The molecule has 0 aliphatic heterocycles. The van der Waals surface area contributed by atoms with E-state index in [0.717, 1.165) is 18.6 Å². The van der Waals surface area contributed by atoms with Crippen LogP contribution in [0.15, 0.2) is 48.5 Å². The van der Waals surface area contributed by atoms with E-state index in [1.807, 2.05) is 12.1 Å². The first-order valence-electron chi connectivity index (χ1n) is 6.61. The number of aryl methyl sites for hydroxylation is 1. The Morgan fingerprint density at radius 1 is 1.00 bits per heavy atom. The van der Waals surface area contributed by atoms with Crippen molar-refractivity contribution in [1.29, 1.82) is 0 Å². The molecule has 100 valence electrons. The van der Waals surface area contributed by atoms with E-state index < -0.39 is 0 Å². The maximum absolute atomic E-state index is 6.23. The Bertz CT molecular complexity index is 519. The third kappa shape index (κ3) is 4.11. The third-order valence-electron chi connectivity index (χ3n) is 3.25. The quantitative estimate of drug-likeness (QED) is 0.891. The molecule has 0 saturated heterocycles. The maximum atomic E-state index is 6.23. The van der Waals surface area contributed by atoms with Crippen molar-refractivity contribution in [2.45, 2.75) is 25.8 Å². The van der Waals surface area contributed by atoms with Crippen LogP contribution in [-0.2, 0) is 12.8 Å². The number of nitrogens with two attached hydrogens (primary N) is 1. The van der Waals surface area contributed by atoms with Gasteiger partial charge in [-0.15, -0.1) is 0 Å². The molecule has 0 radical (unpaired) electrons. The number of rotatable bonds is 5. The molecule has 2 aromatic carbocycles. The standard InChI is InChI=1S/C17H21NO/c1-13-6-8-14(9-7-13)10-16(18)11-15-4-3-5-17(12-15)19-2/h3-9,12,16H,10-11,18H2,1-2H3. The van der Waals surface area contributed by atoms with Gasteiger partial charge in [0.05, 0.1) is 7.11 Å². The van der Waals surface area contributed by atoms with Crippen molar-refractivity contribution in [3.8, 4) is 5.75 Å². The van der Waals surface area contributed by atoms with E-state index in [4.69, 9.17) is 10.5 Å². The molecular formula is C17H21NO. The molecule has 1 atom stereocenters. The van der Waals surface area contributed by atoms with Gasteiger partial charge in [-0.05, 0) is 43.0 Å². The Morgan fingerprint density at radius 2 is 1.68 bits per heavy atom. The van der Waals surface area contributed by atoms with Crippen LogP contribution in [0.1, 0.15) is 16.7 Å². The minimum absolute atomic E-state index is 0.134. The summed E-state index contributed by atoms with van der Waals surface area (Å²) in [5.74, 6) is 0.889. The lowest BCUT2D eigenvalue weighted by molar-refractivity contribution is 0.414. The fourth-order valence-corrected chi connectivity index (χ4v) is 2.20. The lowest BCUT2D eigenvalue weighted by atomic mass is 9.99. The van der Waals surface area contributed by atoms with Gasteiger partial charge in [-0.25, -0.2) is 0 Å². The van der Waals surface area contributed by atoms with Gasteiger partial charge in [0.1, 0.15) is 5.75 Å². The van der Waals surface area contributed by atoms with Crippen molar-refractivity contribution in [2.24, 2.45) is 5.73 Å². The summed E-state index contributed by atoms with van der Waals surface area (Å²) < 4.78 is 5.23. The van der Waals surface area contributed by atoms with E-state index in [-0.39, 0.29) is 6.04 Å². The summed E-state index contributed by atoms with van der Waals surface area (Å²) in [7, 11) is 1.69. The molecule has 0 amide bonds. The average Bonchev–Trinajstić information content (AvgIpc) is 2.41. The normalized spacial score (nSPS) is 12.2. The van der Waals surface area contributed by atoms with Crippen LogP contribution in [0.4, 0.5) is 0 Å². The molecule has 2 nitrogen and oxygen atoms in total. The van der Waals surface area contributed by atoms with E-state index in [9.17, 15) is 0 Å². The minimum atomic E-state index is 0.134. The van der Waals surface area contributed by atoms with Gasteiger partial charge in [-0.2, -0.15) is 0 Å². The Labute approximate surface area is 115 Å². The largest absolute Gasteiger partial charge is 0.497 e. The van der Waals surface area contributed by atoms with E-state index in [2.05, 4.69) is 43.3 Å². The monoisotopic (exact) mass is 255 g/mol. The van der Waals surface area contributed by atoms with Crippen LogP contribution in [0.2, 0.25) is 0 Å². The van der Waals surface area contributed by atoms with Gasteiger partial charge in [0, 0.05) is 6.04 Å². The smallest absolute Gasteiger partial charge is 0.119 e. The summed E-state index contributed by atoms with van der Waals surface area (Å²) in [4.78, 5) is 0. The summed E-state index contributed by atoms with van der Waals surface area (Å²) in [5, 5.41) is 0. The van der Waals surface area contributed by atoms with Gasteiger partial charge < -0.3 is 10.5 Å². The van der Waals surface area contributed by atoms with Crippen molar-refractivity contribution in [1.82, 2.24) is 0 Å². The highest BCUT2D eigenvalue weighted by Gasteiger charge is 2.06. The molecular weight excluding hydrogens is 234 g/mol. The fraction of sp³-hybridized carbons (Fsp3) is 0.294. The lowest BCUT2D eigenvalue weighted by Gasteiger charge is -2.12. The summed E-state index contributed by atoms with van der Waals surface area (Å²) in [6.07, 6.45) is 1.77. The van der Waals surface area contributed by atoms with Gasteiger partial charge in [0.25, 0.3) is 0 Å². The molecule has 19 heavy (non-hydrogen) atoms. The number of hydrogen-bond acceptors (Lipinski definition) is 2. The first kappa shape index (κ1) is 13.6. The molecule has 1 unspecified atom stereocenters. The highest BCUT2D eigenvalue weighted by atomic mass is 16.5. The van der Waals surface area contributed by atoms with E-state index in [1.165, 1.54) is 16.7 Å². The molecule has 0 aromatic heterocycles. The predicted molar refractivity (Wildman–Crippen MR) is 79.6 cm³/mol. The molecule has 0 bridgehead atoms. The van der Waals surface area contributed by atoms with Crippen LogP contribution in [0.5, 0.6) is 5.75 Å². The first-order chi connectivity index (χ1) is 9.17. The van der Waals surface area contributed by atoms with E-state index in [1.54, 1.807) is 7.11 Å². The SMILES string of the molecule is COc1cccc(CC(N)Cc2ccc(C)cc2)c1. The van der Waals surface area contributed by atoms with Crippen molar-refractivity contribution in [3.63, 3.8) is 0 Å². The molecule has 2 aromatic rings. The summed E-state index contributed by atoms with van der Waals surface area (Å²) in [6, 6.07) is 16.8. The second-order valence-electron chi connectivity index (χ2n) is 5.01. The summed E-state index contributed by atoms with van der Waals surface area (Å²) >= 11 is 0. The maximum Gasteiger partial charge on any atom is 0.119 e. The zero-order valence-corrected chi connectivity index (χ0v) is 11.6. The van der Waals surface area contributed by atoms with Crippen LogP contribution in [0, 0.1) is 6.92 Å². The Hall–Kier alpha value is -1.80. The summed E-state index contributed by atoms with van der Waals surface area (Å²) in [5.41, 5.74) is 10.0. The molecule has 2 heteroatoms. The number of hydrogen-bond donors (Lipinski definition) is 1. The van der Waals surface area contributed by atoms with Crippen LogP contribution in [-0.4, -0.2) is 13.2 Å². The lowest BCUT2D eigenvalue weighted by Crippen LogP contribution is -2.25. The predicted octanol–water partition coefficient (Wildman–Crippen LogP) is 3.12. The fourth-order valence-electron chi connectivity index (χ4n) is 2.20. The van der Waals surface area contributed by atoms with Crippen molar-refractivity contribution in [2.75, 3.05) is 7.11 Å². The van der Waals surface area contributed by atoms with Gasteiger partial charge in [-0.1, -0.05) is 42.0 Å². The highest BCUT2D eigenvalue weighted by Crippen LogP contribution is 2.15. The van der Waals surface area contributed by atoms with Crippen LogP contribution < -0.4 is 10.5 Å². The van der Waals surface area contributed by atoms with Crippen LogP contribution in [0.25, 0.3) is 0 Å². The average molecular weight is 255 g/mol. The molecule has 0 heterocycles. The van der Waals surface area contributed by atoms with Crippen LogP contribution >= 0.6 is 0 Å². The number of benzene rings is 2. The molecule has 2 N–H and O–H groups in total. The van der Waals surface area contributed by atoms with Crippen molar-refractivity contribution in [3.05, 3.63) is 65.2 Å². The van der Waals surface area contributed by atoms with Gasteiger partial charge in [0.15, 0.2) is 0 Å². The van der Waals surface area contributed by atoms with E-state index >= 15 is 0 Å². The summed E-state index contributed by atoms with van der Waals surface area (Å²) in [6.45, 7) is 2.10. The van der Waals surface area contributed by atoms with Crippen LogP contribution in [0.3, 0.4) is 0 Å². The highest BCUT2D eigenvalue weighted by molar-refractivity contribution is 5.29. The molecule has 0 spiro atoms. The zero-order chi connectivity index (χ0) is 13.7. The topological polar surface area (TPSA) is 35.2 Å². The van der Waals surface area contributed by atoms with E-state index in [0.29, 0.717) is 0 Å². The number of methoxy groups -OCH3 is 1. The molecule has 2 rings (SSSR count). The first-order valence-corrected chi connectivity index (χ1v) is 6.61. The molecule has 0 fully saturated rings. The molecule has 0 aliphatic carbocycles. The van der Waals surface area contributed by atoms with Gasteiger partial charge >= 0.3 is 0 Å².